The number of rotatable bonds is 22. The summed E-state index contributed by atoms with van der Waals surface area (Å²) in [5.41, 5.74) is 0. The van der Waals surface area contributed by atoms with E-state index >= 15 is 0 Å². The van der Waals surface area contributed by atoms with Crippen molar-refractivity contribution in [2.45, 2.75) is 121 Å². The van der Waals surface area contributed by atoms with Crippen molar-refractivity contribution in [1.82, 2.24) is 0 Å². The second-order valence-corrected chi connectivity index (χ2v) is 8.19. The Bertz CT molecular complexity index is 401. The summed E-state index contributed by atoms with van der Waals surface area (Å²) in [6.45, 7) is 2.58. The maximum Gasteiger partial charge on any atom is 0.151 e. The lowest BCUT2D eigenvalue weighted by Crippen LogP contribution is -2.46. The van der Waals surface area contributed by atoms with Crippen molar-refractivity contribution < 1.29 is 30.0 Å². The Balaban J connectivity index is 3.38. The van der Waals surface area contributed by atoms with Crippen molar-refractivity contribution in [3.8, 4) is 0 Å². The molecule has 0 aliphatic rings. The first-order chi connectivity index (χ1) is 14.5. The zero-order valence-corrected chi connectivity index (χ0v) is 19.0. The van der Waals surface area contributed by atoms with Crippen molar-refractivity contribution in [3.63, 3.8) is 0 Å². The van der Waals surface area contributed by atoms with Crippen molar-refractivity contribution in [3.05, 3.63) is 12.2 Å². The van der Waals surface area contributed by atoms with Gasteiger partial charge in [-0.1, -0.05) is 76.9 Å². The summed E-state index contributed by atoms with van der Waals surface area (Å²) in [4.78, 5) is 10.4. The summed E-state index contributed by atoms with van der Waals surface area (Å²) in [5.74, 6) is 0. The van der Waals surface area contributed by atoms with E-state index < -0.39 is 24.4 Å². The molecule has 0 rings (SSSR count). The number of carbonyl (C=O) groups excluding carboxylic acids is 1. The van der Waals surface area contributed by atoms with Gasteiger partial charge in [-0.2, -0.15) is 0 Å². The molecule has 0 aromatic heterocycles. The fraction of sp³-hybridized carbons (Fsp3) is 0.875. The van der Waals surface area contributed by atoms with Crippen LogP contribution in [0.4, 0.5) is 0 Å². The number of hydrogen-bond donors (Lipinski definition) is 4. The molecule has 0 fully saturated rings. The summed E-state index contributed by atoms with van der Waals surface area (Å²) in [7, 11) is 0. The standard InChI is InChI=1S/C24H46O6/c1-2-3-4-5-6-7-8-9-10-11-12-13-14-15-16-17-18-30-20-22(27)24(29)23(28)21(26)19-25/h9-10,19,21-24,26-29H,2-8,11-18,20H2,1H3/b10-9-/t21-,22+,23+,24+/m0/s1. The Morgan fingerprint density at radius 3 is 1.73 bits per heavy atom. The highest BCUT2D eigenvalue weighted by atomic mass is 16.5. The molecule has 0 aromatic rings. The van der Waals surface area contributed by atoms with Crippen LogP contribution in [0, 0.1) is 0 Å². The molecule has 0 unspecified atom stereocenters. The van der Waals surface area contributed by atoms with Gasteiger partial charge in [0.05, 0.1) is 6.61 Å². The van der Waals surface area contributed by atoms with E-state index in [0.717, 1.165) is 19.3 Å². The Labute approximate surface area is 183 Å². The summed E-state index contributed by atoms with van der Waals surface area (Å²) in [6.07, 6.45) is 15.7. The largest absolute Gasteiger partial charge is 0.388 e. The fourth-order valence-corrected chi connectivity index (χ4v) is 3.26. The van der Waals surface area contributed by atoms with Gasteiger partial charge >= 0.3 is 0 Å². The molecule has 0 heterocycles. The Morgan fingerprint density at radius 2 is 1.20 bits per heavy atom. The first-order valence-electron chi connectivity index (χ1n) is 11.9. The molecule has 0 aliphatic heterocycles. The third-order valence-corrected chi connectivity index (χ3v) is 5.32. The Hall–Kier alpha value is -0.790. The highest BCUT2D eigenvalue weighted by Crippen LogP contribution is 2.10. The van der Waals surface area contributed by atoms with Crippen LogP contribution in [-0.2, 0) is 9.53 Å². The molecule has 6 nitrogen and oxygen atoms in total. The van der Waals surface area contributed by atoms with Gasteiger partial charge in [0.1, 0.15) is 24.4 Å². The zero-order chi connectivity index (χ0) is 22.5. The van der Waals surface area contributed by atoms with Gasteiger partial charge < -0.3 is 30.0 Å². The molecule has 0 saturated heterocycles. The van der Waals surface area contributed by atoms with Gasteiger partial charge in [-0.05, 0) is 32.1 Å². The van der Waals surface area contributed by atoms with Crippen LogP contribution >= 0.6 is 0 Å². The highest BCUT2D eigenvalue weighted by molar-refractivity contribution is 5.56. The first kappa shape index (κ1) is 29.2. The Kier molecular flexibility index (Phi) is 20.9. The number of aliphatic hydroxyl groups is 4. The summed E-state index contributed by atoms with van der Waals surface area (Å²) >= 11 is 0. The van der Waals surface area contributed by atoms with Crippen molar-refractivity contribution in [2.24, 2.45) is 0 Å². The molecular weight excluding hydrogens is 384 g/mol. The summed E-state index contributed by atoms with van der Waals surface area (Å²) in [5, 5.41) is 37.9. The molecule has 0 bridgehead atoms. The first-order valence-corrected chi connectivity index (χ1v) is 11.9. The van der Waals surface area contributed by atoms with E-state index in [-0.39, 0.29) is 12.9 Å². The van der Waals surface area contributed by atoms with Gasteiger partial charge in [-0.25, -0.2) is 0 Å². The lowest BCUT2D eigenvalue weighted by Gasteiger charge is -2.23. The SMILES string of the molecule is CCCCCCCC/C=C\CCCCCCCCOC[C@@H](O)[C@@H](O)[C@H](O)[C@@H](O)C=O. The number of aliphatic hydroxyl groups excluding tert-OH is 4. The lowest BCUT2D eigenvalue weighted by molar-refractivity contribution is -0.138. The maximum atomic E-state index is 10.4. The van der Waals surface area contributed by atoms with Crippen LogP contribution in [0.25, 0.3) is 0 Å². The average Bonchev–Trinajstić information content (AvgIpc) is 2.76. The number of unbranched alkanes of at least 4 members (excludes halogenated alkanes) is 12. The van der Waals surface area contributed by atoms with Crippen molar-refractivity contribution in [2.75, 3.05) is 13.2 Å². The van der Waals surface area contributed by atoms with E-state index in [4.69, 9.17) is 9.84 Å². The van der Waals surface area contributed by atoms with Gasteiger partial charge in [0.2, 0.25) is 0 Å². The normalized spacial score (nSPS) is 15.9. The molecule has 6 heteroatoms. The monoisotopic (exact) mass is 430 g/mol. The molecule has 0 aliphatic carbocycles. The van der Waals surface area contributed by atoms with Gasteiger partial charge in [-0.15, -0.1) is 0 Å². The lowest BCUT2D eigenvalue weighted by atomic mass is 10.0. The summed E-state index contributed by atoms with van der Waals surface area (Å²) < 4.78 is 5.30. The molecule has 30 heavy (non-hydrogen) atoms. The van der Waals surface area contributed by atoms with Gasteiger partial charge in [-0.3, -0.25) is 0 Å². The van der Waals surface area contributed by atoms with Crippen LogP contribution in [0.1, 0.15) is 96.8 Å². The van der Waals surface area contributed by atoms with E-state index in [2.05, 4.69) is 19.1 Å². The topological polar surface area (TPSA) is 107 Å². The smallest absolute Gasteiger partial charge is 0.151 e. The molecule has 0 aromatic carbocycles. The molecule has 4 N–H and O–H groups in total. The predicted molar refractivity (Wildman–Crippen MR) is 120 cm³/mol. The minimum Gasteiger partial charge on any atom is -0.388 e. The number of ether oxygens (including phenoxy) is 1. The maximum absolute atomic E-state index is 10.4. The summed E-state index contributed by atoms with van der Waals surface area (Å²) in [6, 6.07) is 0. The number of aldehydes is 1. The Morgan fingerprint density at radius 1 is 0.700 bits per heavy atom. The van der Waals surface area contributed by atoms with Crippen LogP contribution in [0.3, 0.4) is 0 Å². The molecule has 0 spiro atoms. The quantitative estimate of drug-likeness (QED) is 0.119. The van der Waals surface area contributed by atoms with Crippen molar-refractivity contribution >= 4 is 6.29 Å². The minimum atomic E-state index is -1.72. The predicted octanol–water partition coefficient (Wildman–Crippen LogP) is 3.68. The van der Waals surface area contributed by atoms with Crippen LogP contribution in [-0.4, -0.2) is 64.3 Å². The van der Waals surface area contributed by atoms with Crippen molar-refractivity contribution in [1.29, 1.82) is 0 Å². The van der Waals surface area contributed by atoms with E-state index in [1.807, 2.05) is 0 Å². The molecule has 4 atom stereocenters. The van der Waals surface area contributed by atoms with E-state index in [1.165, 1.54) is 70.6 Å². The van der Waals surface area contributed by atoms with E-state index in [9.17, 15) is 20.1 Å². The highest BCUT2D eigenvalue weighted by Gasteiger charge is 2.30. The van der Waals surface area contributed by atoms with Crippen LogP contribution < -0.4 is 0 Å². The molecule has 178 valence electrons. The zero-order valence-electron chi connectivity index (χ0n) is 19.0. The van der Waals surface area contributed by atoms with E-state index in [0.29, 0.717) is 6.61 Å². The fourth-order valence-electron chi connectivity index (χ4n) is 3.26. The average molecular weight is 431 g/mol. The van der Waals surface area contributed by atoms with Gasteiger partial charge in [0.25, 0.3) is 0 Å². The molecule has 0 radical (unpaired) electrons. The van der Waals surface area contributed by atoms with Crippen LogP contribution in [0.2, 0.25) is 0 Å². The number of carbonyl (C=O) groups is 1. The second kappa shape index (κ2) is 21.4. The molecular formula is C24H46O6. The molecule has 0 saturated carbocycles. The van der Waals surface area contributed by atoms with Crippen LogP contribution in [0.5, 0.6) is 0 Å². The van der Waals surface area contributed by atoms with Gasteiger partial charge in [0, 0.05) is 6.61 Å². The van der Waals surface area contributed by atoms with Crippen LogP contribution in [0.15, 0.2) is 12.2 Å². The third-order valence-electron chi connectivity index (χ3n) is 5.32. The number of hydrogen-bond acceptors (Lipinski definition) is 6. The number of allylic oxidation sites excluding steroid dienone is 2. The van der Waals surface area contributed by atoms with Gasteiger partial charge in [0.15, 0.2) is 6.29 Å². The third kappa shape index (κ3) is 16.9. The minimum absolute atomic E-state index is 0.119. The van der Waals surface area contributed by atoms with E-state index in [1.54, 1.807) is 0 Å². The second-order valence-electron chi connectivity index (χ2n) is 8.19. The molecule has 0 amide bonds.